The van der Waals surface area contributed by atoms with E-state index in [9.17, 15) is 19.5 Å². The van der Waals surface area contributed by atoms with E-state index in [2.05, 4.69) is 21.2 Å². The van der Waals surface area contributed by atoms with Crippen LogP contribution in [-0.4, -0.2) is 51.5 Å². The monoisotopic (exact) mass is 357 g/mol. The number of hydrogen-bond acceptors (Lipinski definition) is 3. The molecule has 2 rings (SSSR count). The van der Waals surface area contributed by atoms with Crippen LogP contribution in [0, 0.1) is 0 Å². The predicted octanol–water partition coefficient (Wildman–Crippen LogP) is 0.686. The molecule has 2 N–H and O–H groups in total. The van der Waals surface area contributed by atoms with Crippen molar-refractivity contribution in [3.05, 3.63) is 22.4 Å². The first-order chi connectivity index (χ1) is 9.93. The first-order valence-electron chi connectivity index (χ1n) is 6.60. The van der Waals surface area contributed by atoms with Crippen molar-refractivity contribution >= 4 is 33.7 Å². The number of nitrogens with one attached hydrogen (secondary N) is 1. The number of aryl methyl sites for hydroxylation is 1. The molecule has 0 saturated carbocycles. The van der Waals surface area contributed by atoms with Crippen molar-refractivity contribution in [1.29, 1.82) is 0 Å². The number of carbonyl (C=O) groups is 3. The number of carboxylic acids is 1. The first-order valence-corrected chi connectivity index (χ1v) is 7.39. The van der Waals surface area contributed by atoms with Gasteiger partial charge in [-0.2, -0.15) is 0 Å². The standard InChI is InChI=1S/C13H16BrN3O4/c1-2-3-16-6-8(14)4-9(16)12(19)17-7-11(18)15-5-10(17)13(20)21/h4,6,10H,2-3,5,7H2,1H3,(H,15,18)(H,20,21). The molecule has 114 valence electrons. The fraction of sp³-hybridized carbons (Fsp3) is 0.462. The summed E-state index contributed by atoms with van der Waals surface area (Å²) in [5.74, 6) is -1.93. The van der Waals surface area contributed by atoms with Crippen LogP contribution in [0.5, 0.6) is 0 Å². The quantitative estimate of drug-likeness (QED) is 0.828. The number of nitrogens with zero attached hydrogens (tertiary/aromatic N) is 2. The smallest absolute Gasteiger partial charge is 0.328 e. The molecule has 1 aromatic heterocycles. The van der Waals surface area contributed by atoms with Crippen LogP contribution in [-0.2, 0) is 16.1 Å². The van der Waals surface area contributed by atoms with Gasteiger partial charge in [-0.3, -0.25) is 9.59 Å². The predicted molar refractivity (Wildman–Crippen MR) is 77.9 cm³/mol. The molecular formula is C13H16BrN3O4. The van der Waals surface area contributed by atoms with Crippen LogP contribution in [0.2, 0.25) is 0 Å². The Morgan fingerprint density at radius 1 is 1.52 bits per heavy atom. The van der Waals surface area contributed by atoms with E-state index in [0.717, 1.165) is 15.8 Å². The third kappa shape index (κ3) is 3.26. The van der Waals surface area contributed by atoms with Crippen molar-refractivity contribution in [2.24, 2.45) is 0 Å². The van der Waals surface area contributed by atoms with E-state index < -0.39 is 17.9 Å². The Kier molecular flexibility index (Phi) is 4.66. The Bertz CT molecular complexity index is 584. The molecule has 1 unspecified atom stereocenters. The molecule has 2 heterocycles. The number of carboxylic acid groups (broad SMARTS) is 1. The zero-order chi connectivity index (χ0) is 15.6. The Labute approximate surface area is 130 Å². The van der Waals surface area contributed by atoms with Gasteiger partial charge in [-0.05, 0) is 28.4 Å². The number of piperazine rings is 1. The Hall–Kier alpha value is -1.83. The van der Waals surface area contributed by atoms with Crippen molar-refractivity contribution in [3.8, 4) is 0 Å². The largest absolute Gasteiger partial charge is 0.480 e. The van der Waals surface area contributed by atoms with E-state index in [4.69, 9.17) is 0 Å². The van der Waals surface area contributed by atoms with Crippen molar-refractivity contribution < 1.29 is 19.5 Å². The van der Waals surface area contributed by atoms with Gasteiger partial charge < -0.3 is 19.9 Å². The molecule has 1 atom stereocenters. The highest BCUT2D eigenvalue weighted by Gasteiger charge is 2.36. The molecule has 1 aliphatic heterocycles. The third-order valence-corrected chi connectivity index (χ3v) is 3.71. The number of aliphatic carboxylic acids is 1. The molecule has 0 bridgehead atoms. The van der Waals surface area contributed by atoms with Crippen molar-refractivity contribution in [1.82, 2.24) is 14.8 Å². The minimum Gasteiger partial charge on any atom is -0.480 e. The Morgan fingerprint density at radius 2 is 2.24 bits per heavy atom. The molecule has 8 heteroatoms. The molecule has 0 aliphatic carbocycles. The van der Waals surface area contributed by atoms with Gasteiger partial charge in [0.05, 0.1) is 0 Å². The van der Waals surface area contributed by atoms with Gasteiger partial charge >= 0.3 is 5.97 Å². The number of aromatic nitrogens is 1. The van der Waals surface area contributed by atoms with Gasteiger partial charge in [0.25, 0.3) is 5.91 Å². The van der Waals surface area contributed by atoms with Crippen LogP contribution in [0.3, 0.4) is 0 Å². The number of halogens is 1. The van der Waals surface area contributed by atoms with Gasteiger partial charge in [0.1, 0.15) is 18.3 Å². The molecule has 1 aliphatic rings. The second-order valence-electron chi connectivity index (χ2n) is 4.83. The van der Waals surface area contributed by atoms with Crippen molar-refractivity contribution in [3.63, 3.8) is 0 Å². The third-order valence-electron chi connectivity index (χ3n) is 3.28. The fourth-order valence-corrected chi connectivity index (χ4v) is 2.77. The van der Waals surface area contributed by atoms with E-state index in [1.165, 1.54) is 0 Å². The summed E-state index contributed by atoms with van der Waals surface area (Å²) in [5.41, 5.74) is 0.379. The molecule has 1 aromatic rings. The number of hydrogen-bond donors (Lipinski definition) is 2. The van der Waals surface area contributed by atoms with Crippen LogP contribution in [0.15, 0.2) is 16.7 Å². The van der Waals surface area contributed by atoms with Gasteiger partial charge in [0.2, 0.25) is 5.91 Å². The molecule has 0 spiro atoms. The lowest BCUT2D eigenvalue weighted by Crippen LogP contribution is -2.59. The molecule has 7 nitrogen and oxygen atoms in total. The maximum Gasteiger partial charge on any atom is 0.328 e. The lowest BCUT2D eigenvalue weighted by atomic mass is 10.1. The zero-order valence-electron chi connectivity index (χ0n) is 11.5. The molecule has 21 heavy (non-hydrogen) atoms. The van der Waals surface area contributed by atoms with Crippen LogP contribution < -0.4 is 5.32 Å². The summed E-state index contributed by atoms with van der Waals surface area (Å²) in [5, 5.41) is 11.7. The SMILES string of the molecule is CCCn1cc(Br)cc1C(=O)N1CC(=O)NCC1C(=O)O. The highest BCUT2D eigenvalue weighted by molar-refractivity contribution is 9.10. The molecular weight excluding hydrogens is 342 g/mol. The summed E-state index contributed by atoms with van der Waals surface area (Å²) >= 11 is 3.31. The summed E-state index contributed by atoms with van der Waals surface area (Å²) in [6.45, 7) is 2.31. The zero-order valence-corrected chi connectivity index (χ0v) is 13.1. The van der Waals surface area contributed by atoms with Gasteiger partial charge in [-0.25, -0.2) is 4.79 Å². The first kappa shape index (κ1) is 15.6. The maximum atomic E-state index is 12.6. The van der Waals surface area contributed by atoms with Gasteiger partial charge in [0, 0.05) is 23.8 Å². The summed E-state index contributed by atoms with van der Waals surface area (Å²) < 4.78 is 2.50. The van der Waals surface area contributed by atoms with Crippen molar-refractivity contribution in [2.45, 2.75) is 25.9 Å². The summed E-state index contributed by atoms with van der Waals surface area (Å²) in [7, 11) is 0. The van der Waals surface area contributed by atoms with Crippen LogP contribution in [0.1, 0.15) is 23.8 Å². The van der Waals surface area contributed by atoms with E-state index in [1.54, 1.807) is 16.8 Å². The minimum absolute atomic E-state index is 0.0738. The van der Waals surface area contributed by atoms with Crippen LogP contribution in [0.4, 0.5) is 0 Å². The molecule has 2 amide bonds. The average molecular weight is 358 g/mol. The molecule has 0 aromatic carbocycles. The lowest BCUT2D eigenvalue weighted by Gasteiger charge is -2.32. The normalized spacial score (nSPS) is 18.5. The van der Waals surface area contributed by atoms with E-state index >= 15 is 0 Å². The molecule has 1 fully saturated rings. The maximum absolute atomic E-state index is 12.6. The second kappa shape index (κ2) is 6.30. The summed E-state index contributed by atoms with van der Waals surface area (Å²) in [6, 6.07) is 0.600. The topological polar surface area (TPSA) is 91.6 Å². The second-order valence-corrected chi connectivity index (χ2v) is 5.74. The van der Waals surface area contributed by atoms with E-state index in [0.29, 0.717) is 12.2 Å². The number of rotatable bonds is 4. The Morgan fingerprint density at radius 3 is 2.86 bits per heavy atom. The van der Waals surface area contributed by atoms with Gasteiger partial charge in [-0.1, -0.05) is 6.92 Å². The lowest BCUT2D eigenvalue weighted by molar-refractivity contribution is -0.144. The molecule has 1 saturated heterocycles. The summed E-state index contributed by atoms with van der Waals surface area (Å²) in [6.07, 6.45) is 2.61. The number of carbonyl (C=O) groups excluding carboxylic acids is 2. The molecule has 0 radical (unpaired) electrons. The summed E-state index contributed by atoms with van der Waals surface area (Å²) in [4.78, 5) is 36.5. The fourth-order valence-electron chi connectivity index (χ4n) is 2.30. The van der Waals surface area contributed by atoms with Gasteiger partial charge in [0.15, 0.2) is 0 Å². The van der Waals surface area contributed by atoms with Crippen molar-refractivity contribution in [2.75, 3.05) is 13.1 Å². The Balaban J connectivity index is 2.32. The average Bonchev–Trinajstić information content (AvgIpc) is 2.79. The van der Waals surface area contributed by atoms with Gasteiger partial charge in [-0.15, -0.1) is 0 Å². The minimum atomic E-state index is -1.13. The van der Waals surface area contributed by atoms with E-state index in [-0.39, 0.29) is 19.0 Å². The van der Waals surface area contributed by atoms with Crippen LogP contribution in [0.25, 0.3) is 0 Å². The van der Waals surface area contributed by atoms with Crippen LogP contribution >= 0.6 is 15.9 Å². The highest BCUT2D eigenvalue weighted by atomic mass is 79.9. The number of amides is 2. The highest BCUT2D eigenvalue weighted by Crippen LogP contribution is 2.19. The van der Waals surface area contributed by atoms with E-state index in [1.807, 2.05) is 6.92 Å².